The highest BCUT2D eigenvalue weighted by molar-refractivity contribution is 5.65. The second-order valence-corrected chi connectivity index (χ2v) is 9.71. The van der Waals surface area contributed by atoms with E-state index >= 15 is 0 Å². The molecule has 36 heavy (non-hydrogen) atoms. The van der Waals surface area contributed by atoms with Crippen molar-refractivity contribution in [3.8, 4) is 17.2 Å². The van der Waals surface area contributed by atoms with Crippen molar-refractivity contribution in [1.82, 2.24) is 24.1 Å². The lowest BCUT2D eigenvalue weighted by atomic mass is 9.99. The van der Waals surface area contributed by atoms with Crippen LogP contribution < -0.4 is 10.6 Å². The molecule has 2 aliphatic rings. The highest BCUT2D eigenvalue weighted by Crippen LogP contribution is 2.46. The van der Waals surface area contributed by atoms with E-state index in [0.717, 1.165) is 35.4 Å². The molecule has 3 aromatic heterocycles. The van der Waals surface area contributed by atoms with Gasteiger partial charge in [0.15, 0.2) is 0 Å². The zero-order valence-corrected chi connectivity index (χ0v) is 19.9. The van der Waals surface area contributed by atoms with Gasteiger partial charge in [0, 0.05) is 48.2 Å². The number of hydrogen-bond acceptors (Lipinski definition) is 6. The number of pyridine rings is 1. The van der Waals surface area contributed by atoms with Gasteiger partial charge in [0.05, 0.1) is 23.6 Å². The molecule has 4 aromatic rings. The number of rotatable bonds is 4. The Hall–Kier alpha value is -4.13. The summed E-state index contributed by atoms with van der Waals surface area (Å²) in [6, 6.07) is 7.90. The number of halogens is 2. The van der Waals surface area contributed by atoms with Crippen LogP contribution in [0.3, 0.4) is 0 Å². The third-order valence-corrected chi connectivity index (χ3v) is 7.38. The van der Waals surface area contributed by atoms with Crippen molar-refractivity contribution in [3.05, 3.63) is 75.1 Å². The number of fused-ring (bicyclic) bond motifs is 2. The highest BCUT2D eigenvalue weighted by Gasteiger charge is 2.44. The molecule has 1 aliphatic carbocycles. The summed E-state index contributed by atoms with van der Waals surface area (Å²) in [5.41, 5.74) is 2.83. The monoisotopic (exact) mass is 487 g/mol. The van der Waals surface area contributed by atoms with Crippen molar-refractivity contribution < 1.29 is 8.78 Å². The van der Waals surface area contributed by atoms with Gasteiger partial charge in [0.2, 0.25) is 0 Å². The van der Waals surface area contributed by atoms with E-state index in [-0.39, 0.29) is 23.6 Å². The maximum atomic E-state index is 14.4. The van der Waals surface area contributed by atoms with Crippen LogP contribution in [0.4, 0.5) is 14.6 Å². The standard InChI is InChI=1S/C26H23F2N7O/c1-15-16(2)35-24(32-34(25(35)36)14-26(13-29)7-8-26)31-23(15)33-9-6-21-18(12-33)10-17(11-30-21)22-19(27)4-3-5-20(22)28/h3-5,10-11H,6-9,12,14H2,1-2H3. The van der Waals surface area contributed by atoms with Crippen LogP contribution in [0.25, 0.3) is 16.9 Å². The third-order valence-electron chi connectivity index (χ3n) is 7.38. The molecule has 0 unspecified atom stereocenters. The second kappa shape index (κ2) is 7.95. The average molecular weight is 488 g/mol. The van der Waals surface area contributed by atoms with Crippen molar-refractivity contribution in [1.29, 1.82) is 5.26 Å². The second-order valence-electron chi connectivity index (χ2n) is 9.71. The molecule has 0 N–H and O–H groups in total. The molecule has 1 fully saturated rings. The molecule has 10 heteroatoms. The predicted molar refractivity (Wildman–Crippen MR) is 128 cm³/mol. The van der Waals surface area contributed by atoms with Crippen molar-refractivity contribution in [2.75, 3.05) is 11.4 Å². The lowest BCUT2D eigenvalue weighted by Crippen LogP contribution is -2.33. The molecule has 6 rings (SSSR count). The van der Waals surface area contributed by atoms with Crippen LogP contribution in [0.1, 0.15) is 35.4 Å². The van der Waals surface area contributed by atoms with Crippen LogP contribution in [0, 0.1) is 42.2 Å². The Balaban J connectivity index is 1.37. The fourth-order valence-electron chi connectivity index (χ4n) is 4.94. The summed E-state index contributed by atoms with van der Waals surface area (Å²) in [4.78, 5) is 24.3. The van der Waals surface area contributed by atoms with E-state index in [9.17, 15) is 18.8 Å². The van der Waals surface area contributed by atoms with E-state index in [1.165, 1.54) is 33.5 Å². The number of nitriles is 1. The summed E-state index contributed by atoms with van der Waals surface area (Å²) in [5.74, 6) is -0.272. The molecule has 1 aromatic carbocycles. The largest absolute Gasteiger partial charge is 0.351 e. The number of hydrogen-bond donors (Lipinski definition) is 0. The Morgan fingerprint density at radius 2 is 1.94 bits per heavy atom. The number of aromatic nitrogens is 5. The van der Waals surface area contributed by atoms with Gasteiger partial charge < -0.3 is 4.90 Å². The molecule has 1 aliphatic heterocycles. The first-order valence-electron chi connectivity index (χ1n) is 11.9. The first kappa shape index (κ1) is 22.3. The maximum Gasteiger partial charge on any atom is 0.351 e. The number of aryl methyl sites for hydroxylation is 1. The first-order chi connectivity index (χ1) is 17.3. The van der Waals surface area contributed by atoms with E-state index < -0.39 is 17.0 Å². The van der Waals surface area contributed by atoms with E-state index in [1.807, 2.05) is 13.8 Å². The fourth-order valence-corrected chi connectivity index (χ4v) is 4.94. The lowest BCUT2D eigenvalue weighted by molar-refractivity contribution is 0.472. The fraction of sp³-hybridized carbons (Fsp3) is 0.346. The van der Waals surface area contributed by atoms with Crippen molar-refractivity contribution in [2.24, 2.45) is 5.41 Å². The van der Waals surface area contributed by atoms with Gasteiger partial charge in [-0.25, -0.2) is 22.7 Å². The van der Waals surface area contributed by atoms with Crippen LogP contribution in [0.5, 0.6) is 0 Å². The van der Waals surface area contributed by atoms with Crippen LogP contribution in [-0.2, 0) is 19.5 Å². The maximum absolute atomic E-state index is 14.4. The molecule has 0 atom stereocenters. The number of anilines is 1. The van der Waals surface area contributed by atoms with Gasteiger partial charge in [-0.05, 0) is 50.5 Å². The quantitative estimate of drug-likeness (QED) is 0.436. The summed E-state index contributed by atoms with van der Waals surface area (Å²) < 4.78 is 31.6. The average Bonchev–Trinajstić information content (AvgIpc) is 3.58. The highest BCUT2D eigenvalue weighted by atomic mass is 19.1. The van der Waals surface area contributed by atoms with Gasteiger partial charge in [-0.15, -0.1) is 5.10 Å². The predicted octanol–water partition coefficient (Wildman–Crippen LogP) is 3.71. The molecule has 182 valence electrons. The Morgan fingerprint density at radius 3 is 2.64 bits per heavy atom. The van der Waals surface area contributed by atoms with Crippen LogP contribution in [0.15, 0.2) is 35.3 Å². The number of nitrogens with zero attached hydrogens (tertiary/aromatic N) is 7. The van der Waals surface area contributed by atoms with Gasteiger partial charge in [0.25, 0.3) is 5.78 Å². The van der Waals surface area contributed by atoms with Crippen molar-refractivity contribution in [2.45, 2.75) is 46.2 Å². The normalized spacial score (nSPS) is 16.1. The van der Waals surface area contributed by atoms with Crippen LogP contribution in [0.2, 0.25) is 0 Å². The molecule has 4 heterocycles. The minimum atomic E-state index is -0.631. The van der Waals surface area contributed by atoms with Gasteiger partial charge in [0.1, 0.15) is 17.5 Å². The summed E-state index contributed by atoms with van der Waals surface area (Å²) in [5, 5.41) is 13.9. The van der Waals surface area contributed by atoms with Gasteiger partial charge >= 0.3 is 5.69 Å². The molecule has 0 saturated heterocycles. The summed E-state index contributed by atoms with van der Waals surface area (Å²) in [6.07, 6.45) is 3.69. The molecule has 0 spiro atoms. The zero-order valence-electron chi connectivity index (χ0n) is 19.9. The molecule has 1 saturated carbocycles. The Bertz CT molecular complexity index is 1620. The molecular weight excluding hydrogens is 464 g/mol. The Morgan fingerprint density at radius 1 is 1.19 bits per heavy atom. The van der Waals surface area contributed by atoms with E-state index in [1.54, 1.807) is 6.07 Å². The van der Waals surface area contributed by atoms with Crippen LogP contribution in [-0.4, -0.2) is 30.7 Å². The smallest absolute Gasteiger partial charge is 0.351 e. The van der Waals surface area contributed by atoms with Crippen molar-refractivity contribution in [3.63, 3.8) is 0 Å². The Kier molecular flexibility index (Phi) is 4.93. The lowest BCUT2D eigenvalue weighted by Gasteiger charge is -2.31. The Labute approximate surface area is 205 Å². The van der Waals surface area contributed by atoms with E-state index in [4.69, 9.17) is 4.98 Å². The minimum Gasteiger partial charge on any atom is -0.351 e. The van der Waals surface area contributed by atoms with E-state index in [0.29, 0.717) is 30.9 Å². The molecule has 8 nitrogen and oxygen atoms in total. The SMILES string of the molecule is Cc1c(N2CCc3ncc(-c4c(F)cccc4F)cc3C2)nc2nn(CC3(C#N)CC3)c(=O)n2c1C. The topological polar surface area (TPSA) is 92.1 Å². The molecular formula is C26H23F2N7O. The molecule has 0 radical (unpaired) electrons. The summed E-state index contributed by atoms with van der Waals surface area (Å²) >= 11 is 0. The van der Waals surface area contributed by atoms with Crippen molar-refractivity contribution >= 4 is 11.6 Å². The van der Waals surface area contributed by atoms with E-state index in [2.05, 4.69) is 21.1 Å². The minimum absolute atomic E-state index is 0.0905. The van der Waals surface area contributed by atoms with Gasteiger partial charge in [-0.2, -0.15) is 10.2 Å². The molecule has 0 bridgehead atoms. The molecule has 0 amide bonds. The number of benzene rings is 1. The summed E-state index contributed by atoms with van der Waals surface area (Å²) in [6.45, 7) is 5.14. The van der Waals surface area contributed by atoms with Crippen LogP contribution >= 0.6 is 0 Å². The van der Waals surface area contributed by atoms with Gasteiger partial charge in [-0.1, -0.05) is 6.07 Å². The van der Waals surface area contributed by atoms with Gasteiger partial charge in [-0.3, -0.25) is 4.98 Å². The summed E-state index contributed by atoms with van der Waals surface area (Å²) in [7, 11) is 0. The first-order valence-corrected chi connectivity index (χ1v) is 11.9. The third kappa shape index (κ3) is 3.46. The zero-order chi connectivity index (χ0) is 25.2.